The van der Waals surface area contributed by atoms with Gasteiger partial charge < -0.3 is 5.73 Å². The number of pyridine rings is 2. The lowest BCUT2D eigenvalue weighted by molar-refractivity contribution is 0.558. The van der Waals surface area contributed by atoms with E-state index >= 15 is 0 Å². The molecule has 0 bridgehead atoms. The van der Waals surface area contributed by atoms with Crippen LogP contribution < -0.4 is 5.73 Å². The molecular weight excluding hydrogens is 367 g/mol. The van der Waals surface area contributed by atoms with Crippen LogP contribution in [0.5, 0.6) is 0 Å². The molecule has 2 aromatic carbocycles. The van der Waals surface area contributed by atoms with Crippen LogP contribution in [0, 0.1) is 5.82 Å². The summed E-state index contributed by atoms with van der Waals surface area (Å²) in [7, 11) is 0. The average molecular weight is 384 g/mol. The lowest BCUT2D eigenvalue weighted by Crippen LogP contribution is -2.09. The molecule has 0 amide bonds. The zero-order valence-corrected chi connectivity index (χ0v) is 15.6. The molecule has 0 radical (unpaired) electrons. The molecule has 0 aliphatic heterocycles. The number of aromatic nitrogens is 5. The van der Waals surface area contributed by atoms with Crippen molar-refractivity contribution in [3.63, 3.8) is 0 Å². The summed E-state index contributed by atoms with van der Waals surface area (Å²) in [5, 5.41) is 9.60. The van der Waals surface area contributed by atoms with Gasteiger partial charge in [0.15, 0.2) is 0 Å². The van der Waals surface area contributed by atoms with Gasteiger partial charge in [-0.15, -0.1) is 5.10 Å². The molecule has 29 heavy (non-hydrogen) atoms. The van der Waals surface area contributed by atoms with E-state index in [2.05, 4.69) is 26.3 Å². The third-order valence-corrected chi connectivity index (χ3v) is 5.14. The van der Waals surface area contributed by atoms with Crippen molar-refractivity contribution in [3.8, 4) is 11.1 Å². The lowest BCUT2D eigenvalue weighted by atomic mass is 10.0. The minimum absolute atomic E-state index is 0.118. The normalized spacial score (nSPS) is 12.5. The Hall–Kier alpha value is -3.87. The number of fused-ring (bicyclic) bond motifs is 3. The topological polar surface area (TPSA) is 82.5 Å². The summed E-state index contributed by atoms with van der Waals surface area (Å²) in [6, 6.07) is 16.1. The van der Waals surface area contributed by atoms with Gasteiger partial charge in [0.25, 0.3) is 0 Å². The Labute approximate surface area is 165 Å². The second-order valence-electron chi connectivity index (χ2n) is 6.96. The maximum atomic E-state index is 13.3. The summed E-state index contributed by atoms with van der Waals surface area (Å²) in [6.07, 6.45) is 3.48. The summed E-state index contributed by atoms with van der Waals surface area (Å²) in [5.41, 5.74) is 11.1. The average Bonchev–Trinajstić information content (AvgIpc) is 3.19. The number of anilines is 1. The molecule has 0 aliphatic rings. The van der Waals surface area contributed by atoms with E-state index in [1.165, 1.54) is 12.1 Å². The van der Waals surface area contributed by atoms with Crippen LogP contribution in [-0.4, -0.2) is 25.0 Å². The molecule has 0 saturated heterocycles. The molecule has 1 atom stereocenters. The fraction of sp³-hybridized carbons (Fsp3) is 0.0909. The monoisotopic (exact) mass is 384 g/mol. The lowest BCUT2D eigenvalue weighted by Gasteiger charge is -2.14. The maximum absolute atomic E-state index is 13.3. The third kappa shape index (κ3) is 2.97. The molecule has 0 spiro atoms. The molecule has 0 fully saturated rings. The molecule has 2 N–H and O–H groups in total. The van der Waals surface area contributed by atoms with Crippen molar-refractivity contribution in [1.82, 2.24) is 25.0 Å². The van der Waals surface area contributed by atoms with Crippen molar-refractivity contribution < 1.29 is 4.39 Å². The van der Waals surface area contributed by atoms with Crippen LogP contribution >= 0.6 is 0 Å². The number of hydrogen-bond acceptors (Lipinski definition) is 5. The fourth-order valence-corrected chi connectivity index (χ4v) is 3.53. The first-order valence-corrected chi connectivity index (χ1v) is 9.21. The smallest absolute Gasteiger partial charge is 0.132 e. The Kier molecular flexibility index (Phi) is 3.94. The number of nitrogen functional groups attached to an aromatic ring is 1. The van der Waals surface area contributed by atoms with Crippen LogP contribution in [0.4, 0.5) is 10.2 Å². The predicted molar refractivity (Wildman–Crippen MR) is 111 cm³/mol. The summed E-state index contributed by atoms with van der Waals surface area (Å²) < 4.78 is 15.2. The van der Waals surface area contributed by atoms with E-state index in [4.69, 9.17) is 5.73 Å². The zero-order valence-electron chi connectivity index (χ0n) is 15.6. The van der Waals surface area contributed by atoms with Gasteiger partial charge in [-0.3, -0.25) is 4.98 Å². The second-order valence-corrected chi connectivity index (χ2v) is 6.96. The molecule has 6 nitrogen and oxygen atoms in total. The van der Waals surface area contributed by atoms with Crippen molar-refractivity contribution in [2.24, 2.45) is 0 Å². The predicted octanol–water partition coefficient (Wildman–Crippen LogP) is 4.37. The van der Waals surface area contributed by atoms with E-state index < -0.39 is 0 Å². The first kappa shape index (κ1) is 17.2. The maximum Gasteiger partial charge on any atom is 0.132 e. The first-order valence-electron chi connectivity index (χ1n) is 9.21. The first-order chi connectivity index (χ1) is 14.1. The Bertz CT molecular complexity index is 1330. The van der Waals surface area contributed by atoms with Gasteiger partial charge in [0.2, 0.25) is 0 Å². The molecule has 5 rings (SSSR count). The van der Waals surface area contributed by atoms with Crippen molar-refractivity contribution in [2.45, 2.75) is 13.0 Å². The Morgan fingerprint density at radius 3 is 2.45 bits per heavy atom. The number of nitrogens with two attached hydrogens (primary N) is 1. The minimum atomic E-state index is -0.263. The Balaban J connectivity index is 1.70. The van der Waals surface area contributed by atoms with Crippen LogP contribution in [0.1, 0.15) is 18.5 Å². The van der Waals surface area contributed by atoms with E-state index in [1.807, 2.05) is 29.8 Å². The highest BCUT2D eigenvalue weighted by molar-refractivity contribution is 6.03. The Morgan fingerprint density at radius 1 is 0.897 bits per heavy atom. The minimum Gasteiger partial charge on any atom is -0.384 e. The van der Waals surface area contributed by atoms with E-state index in [-0.39, 0.29) is 11.9 Å². The number of benzene rings is 2. The third-order valence-electron chi connectivity index (χ3n) is 5.14. The highest BCUT2D eigenvalue weighted by Gasteiger charge is 2.17. The zero-order chi connectivity index (χ0) is 20.0. The van der Waals surface area contributed by atoms with Gasteiger partial charge in [-0.1, -0.05) is 23.4 Å². The molecular formula is C22H17FN6. The van der Waals surface area contributed by atoms with Crippen LogP contribution in [0.3, 0.4) is 0 Å². The summed E-state index contributed by atoms with van der Waals surface area (Å²) in [6.45, 7) is 2.02. The Morgan fingerprint density at radius 2 is 1.69 bits per heavy atom. The van der Waals surface area contributed by atoms with Gasteiger partial charge in [0.05, 0.1) is 17.8 Å². The molecule has 3 heterocycles. The number of halogens is 1. The van der Waals surface area contributed by atoms with Crippen molar-refractivity contribution in [1.29, 1.82) is 0 Å². The highest BCUT2D eigenvalue weighted by atomic mass is 19.1. The summed E-state index contributed by atoms with van der Waals surface area (Å²) in [4.78, 5) is 8.70. The van der Waals surface area contributed by atoms with Crippen molar-refractivity contribution in [3.05, 3.63) is 78.4 Å². The summed E-state index contributed by atoms with van der Waals surface area (Å²) in [5.74, 6) is 0.217. The van der Waals surface area contributed by atoms with Crippen molar-refractivity contribution >= 4 is 27.8 Å². The molecule has 3 aromatic heterocycles. The molecule has 0 saturated carbocycles. The number of nitrogens with zero attached hydrogens (tertiary/aromatic N) is 5. The second kappa shape index (κ2) is 6.63. The van der Waals surface area contributed by atoms with E-state index in [0.29, 0.717) is 11.3 Å². The highest BCUT2D eigenvalue weighted by Crippen LogP contribution is 2.30. The van der Waals surface area contributed by atoms with Crippen molar-refractivity contribution in [2.75, 3.05) is 5.73 Å². The largest absolute Gasteiger partial charge is 0.384 e. The standard InChI is InChI=1S/C22H17FN6/c1-13(14-2-6-17(23)7-3-14)29-22-18-10-15(16-5-9-21(24)26-11-16)4-8-19(18)25-12-20(22)27-28-29/h2-13H,1H3,(H2,24,26)/t13-/m0/s1. The fourth-order valence-electron chi connectivity index (χ4n) is 3.53. The summed E-state index contributed by atoms with van der Waals surface area (Å²) >= 11 is 0. The number of rotatable bonds is 3. The van der Waals surface area contributed by atoms with Gasteiger partial charge in [0, 0.05) is 17.1 Å². The van der Waals surface area contributed by atoms with Crippen LogP contribution in [0.15, 0.2) is 67.0 Å². The van der Waals surface area contributed by atoms with Gasteiger partial charge >= 0.3 is 0 Å². The SMILES string of the molecule is C[C@@H](c1ccc(F)cc1)n1nnc2cnc3ccc(-c4ccc(N)nc4)cc3c21. The van der Waals surface area contributed by atoms with E-state index in [9.17, 15) is 4.39 Å². The number of hydrogen-bond donors (Lipinski definition) is 1. The van der Waals surface area contributed by atoms with Gasteiger partial charge in [-0.25, -0.2) is 14.1 Å². The van der Waals surface area contributed by atoms with Gasteiger partial charge in [-0.2, -0.15) is 0 Å². The van der Waals surface area contributed by atoms with Crippen LogP contribution in [0.2, 0.25) is 0 Å². The molecule has 0 aliphatic carbocycles. The molecule has 5 aromatic rings. The van der Waals surface area contributed by atoms with Crippen LogP contribution in [0.25, 0.3) is 33.1 Å². The van der Waals surface area contributed by atoms with Crippen LogP contribution in [-0.2, 0) is 0 Å². The molecule has 7 heteroatoms. The van der Waals surface area contributed by atoms with E-state index in [1.54, 1.807) is 30.6 Å². The van der Waals surface area contributed by atoms with Gasteiger partial charge in [-0.05, 0) is 54.4 Å². The molecule has 0 unspecified atom stereocenters. The molecule has 142 valence electrons. The van der Waals surface area contributed by atoms with Gasteiger partial charge in [0.1, 0.15) is 22.7 Å². The quantitative estimate of drug-likeness (QED) is 0.499. The van der Waals surface area contributed by atoms with E-state index in [0.717, 1.165) is 33.1 Å².